The van der Waals surface area contributed by atoms with E-state index >= 15 is 0 Å². The first-order valence-corrected chi connectivity index (χ1v) is 9.75. The first-order chi connectivity index (χ1) is 14.1. The fourth-order valence-electron chi connectivity index (χ4n) is 3.98. The van der Waals surface area contributed by atoms with Crippen molar-refractivity contribution in [2.24, 2.45) is 0 Å². The van der Waals surface area contributed by atoms with Gasteiger partial charge in [-0.1, -0.05) is 0 Å². The van der Waals surface area contributed by atoms with E-state index in [1.807, 2.05) is 13.1 Å². The van der Waals surface area contributed by atoms with Crippen LogP contribution in [-0.2, 0) is 16.1 Å². The second kappa shape index (κ2) is 8.02. The second-order valence-corrected chi connectivity index (χ2v) is 7.24. The number of carbonyl (C=O) groups is 2. The van der Waals surface area contributed by atoms with Gasteiger partial charge in [-0.2, -0.15) is 0 Å². The van der Waals surface area contributed by atoms with Crippen LogP contribution in [0.25, 0.3) is 11.4 Å². The molecule has 2 saturated heterocycles. The van der Waals surface area contributed by atoms with Crippen LogP contribution in [0.15, 0.2) is 24.4 Å². The molecule has 4 heterocycles. The molecular formula is C20H24N4O5. The number of nitrogens with zero attached hydrogens (tertiary/aromatic N) is 4. The van der Waals surface area contributed by atoms with Crippen molar-refractivity contribution in [3.63, 3.8) is 0 Å². The van der Waals surface area contributed by atoms with Crippen molar-refractivity contribution >= 4 is 24.1 Å². The number of anilines is 2. The predicted molar refractivity (Wildman–Crippen MR) is 107 cm³/mol. The summed E-state index contributed by atoms with van der Waals surface area (Å²) in [5, 5.41) is 6.89. The summed E-state index contributed by atoms with van der Waals surface area (Å²) in [6.07, 6.45) is 4.09. The van der Waals surface area contributed by atoms with E-state index in [-0.39, 0.29) is 18.6 Å². The number of ether oxygens (including phenoxy) is 2. The van der Waals surface area contributed by atoms with Gasteiger partial charge in [-0.25, -0.2) is 9.78 Å². The highest BCUT2D eigenvalue weighted by Gasteiger charge is 2.34. The molecule has 1 N–H and O–H groups in total. The molecule has 1 aromatic carbocycles. The van der Waals surface area contributed by atoms with E-state index in [1.54, 1.807) is 4.90 Å². The summed E-state index contributed by atoms with van der Waals surface area (Å²) in [7, 11) is 0. The van der Waals surface area contributed by atoms with Gasteiger partial charge in [-0.05, 0) is 31.9 Å². The van der Waals surface area contributed by atoms with Crippen LogP contribution in [0.1, 0.15) is 19.8 Å². The number of fused-ring (bicyclic) bond motifs is 3. The maximum atomic E-state index is 12.0. The van der Waals surface area contributed by atoms with E-state index in [9.17, 15) is 4.79 Å². The molecule has 1 aromatic heterocycles. The van der Waals surface area contributed by atoms with Crippen LogP contribution in [0.2, 0.25) is 0 Å². The van der Waals surface area contributed by atoms with E-state index in [2.05, 4.69) is 27.7 Å². The molecule has 0 aliphatic carbocycles. The second-order valence-electron chi connectivity index (χ2n) is 7.24. The maximum absolute atomic E-state index is 12.0. The first-order valence-electron chi connectivity index (χ1n) is 9.75. The molecule has 5 rings (SSSR count). The summed E-state index contributed by atoms with van der Waals surface area (Å²) in [6, 6.07) is 6.35. The summed E-state index contributed by atoms with van der Waals surface area (Å²) in [5.41, 5.74) is 2.18. The van der Waals surface area contributed by atoms with Crippen molar-refractivity contribution in [3.05, 3.63) is 24.4 Å². The zero-order chi connectivity index (χ0) is 20.4. The molecule has 0 spiro atoms. The Bertz CT molecular complexity index is 906. The molecule has 1 amide bonds. The van der Waals surface area contributed by atoms with Crippen molar-refractivity contribution in [2.75, 3.05) is 36.1 Å². The molecule has 154 valence electrons. The van der Waals surface area contributed by atoms with Crippen molar-refractivity contribution < 1.29 is 24.2 Å². The van der Waals surface area contributed by atoms with Crippen molar-refractivity contribution in [1.82, 2.24) is 9.55 Å². The quantitative estimate of drug-likeness (QED) is 0.774. The number of amides is 1. The van der Waals surface area contributed by atoms with Gasteiger partial charge in [0.05, 0.1) is 18.2 Å². The molecule has 2 fully saturated rings. The van der Waals surface area contributed by atoms with Gasteiger partial charge in [0.1, 0.15) is 24.8 Å². The van der Waals surface area contributed by atoms with Gasteiger partial charge in [0.15, 0.2) is 5.82 Å². The number of aromatic nitrogens is 2. The molecule has 3 aliphatic rings. The third kappa shape index (κ3) is 3.59. The van der Waals surface area contributed by atoms with Crippen molar-refractivity contribution in [1.29, 1.82) is 0 Å². The van der Waals surface area contributed by atoms with Gasteiger partial charge in [-0.3, -0.25) is 9.69 Å². The average molecular weight is 400 g/mol. The maximum Gasteiger partial charge on any atom is 0.415 e. The summed E-state index contributed by atoms with van der Waals surface area (Å²) in [4.78, 5) is 29.2. The van der Waals surface area contributed by atoms with Crippen LogP contribution in [-0.4, -0.2) is 59.6 Å². The molecule has 0 bridgehead atoms. The van der Waals surface area contributed by atoms with E-state index in [1.165, 1.54) is 18.5 Å². The number of benzene rings is 1. The van der Waals surface area contributed by atoms with Gasteiger partial charge < -0.3 is 24.0 Å². The summed E-state index contributed by atoms with van der Waals surface area (Å²) in [5.74, 6) is 2.35. The SMILES string of the molecule is C[C@@H]1COC(=O)N1c1cn2c(n1)-c1ccc(N3CCCC3)cc1OCC2.O=CO. The van der Waals surface area contributed by atoms with Gasteiger partial charge >= 0.3 is 6.09 Å². The Morgan fingerprint density at radius 2 is 1.97 bits per heavy atom. The van der Waals surface area contributed by atoms with Crippen LogP contribution >= 0.6 is 0 Å². The van der Waals surface area contributed by atoms with Crippen LogP contribution in [0.5, 0.6) is 5.75 Å². The number of carboxylic acid groups (broad SMARTS) is 1. The lowest BCUT2D eigenvalue weighted by atomic mass is 10.1. The molecular weight excluding hydrogens is 376 g/mol. The zero-order valence-corrected chi connectivity index (χ0v) is 16.3. The number of imidazole rings is 1. The van der Waals surface area contributed by atoms with Gasteiger partial charge in [0.2, 0.25) is 0 Å². The van der Waals surface area contributed by atoms with Gasteiger partial charge in [0, 0.05) is 31.0 Å². The molecule has 0 radical (unpaired) electrons. The molecule has 0 unspecified atom stereocenters. The fourth-order valence-corrected chi connectivity index (χ4v) is 3.98. The average Bonchev–Trinajstić information content (AvgIpc) is 3.42. The Balaban J connectivity index is 0.000000645. The van der Waals surface area contributed by atoms with E-state index in [0.29, 0.717) is 25.6 Å². The minimum atomic E-state index is -0.327. The molecule has 9 nitrogen and oxygen atoms in total. The Hall–Kier alpha value is -3.23. The smallest absolute Gasteiger partial charge is 0.415 e. The van der Waals surface area contributed by atoms with E-state index < -0.39 is 0 Å². The largest absolute Gasteiger partial charge is 0.491 e. The fraction of sp³-hybridized carbons (Fsp3) is 0.450. The van der Waals surface area contributed by atoms with Crippen LogP contribution in [0.3, 0.4) is 0 Å². The van der Waals surface area contributed by atoms with Crippen molar-refractivity contribution in [3.8, 4) is 17.1 Å². The Kier molecular flexibility index (Phi) is 5.28. The van der Waals surface area contributed by atoms with Crippen LogP contribution < -0.4 is 14.5 Å². The molecule has 9 heteroatoms. The van der Waals surface area contributed by atoms with E-state index in [4.69, 9.17) is 24.4 Å². The summed E-state index contributed by atoms with van der Waals surface area (Å²) in [6.45, 7) is 5.61. The summed E-state index contributed by atoms with van der Waals surface area (Å²) < 4.78 is 13.2. The van der Waals surface area contributed by atoms with Gasteiger partial charge in [0.25, 0.3) is 6.47 Å². The number of hydrogen-bond donors (Lipinski definition) is 1. The lowest BCUT2D eigenvalue weighted by molar-refractivity contribution is -0.122. The summed E-state index contributed by atoms with van der Waals surface area (Å²) >= 11 is 0. The number of carbonyl (C=O) groups excluding carboxylic acids is 1. The minimum absolute atomic E-state index is 0.00472. The lowest BCUT2D eigenvalue weighted by Crippen LogP contribution is -2.31. The molecule has 2 aromatic rings. The van der Waals surface area contributed by atoms with Crippen molar-refractivity contribution in [2.45, 2.75) is 32.4 Å². The third-order valence-corrected chi connectivity index (χ3v) is 5.36. The van der Waals surface area contributed by atoms with E-state index in [0.717, 1.165) is 30.2 Å². The number of hydrogen-bond acceptors (Lipinski definition) is 6. The number of cyclic esters (lactones) is 1. The Morgan fingerprint density at radius 3 is 2.66 bits per heavy atom. The van der Waals surface area contributed by atoms with Crippen LogP contribution in [0.4, 0.5) is 16.3 Å². The first kappa shape index (κ1) is 19.1. The predicted octanol–water partition coefficient (Wildman–Crippen LogP) is 2.59. The Morgan fingerprint density at radius 1 is 1.21 bits per heavy atom. The van der Waals surface area contributed by atoms with Gasteiger partial charge in [-0.15, -0.1) is 0 Å². The lowest BCUT2D eigenvalue weighted by Gasteiger charge is -2.19. The zero-order valence-electron chi connectivity index (χ0n) is 16.3. The number of rotatable bonds is 2. The minimum Gasteiger partial charge on any atom is -0.491 e. The third-order valence-electron chi connectivity index (χ3n) is 5.36. The highest BCUT2D eigenvalue weighted by Crippen LogP contribution is 2.37. The molecule has 3 aliphatic heterocycles. The van der Waals surface area contributed by atoms with Crippen LogP contribution in [0, 0.1) is 0 Å². The molecule has 0 saturated carbocycles. The molecule has 1 atom stereocenters. The standard InChI is InChI=1S/C19H22N4O3.CH2O2/c1-13-12-26-19(24)23(13)17-11-22-8-9-25-16-10-14(21-6-2-3-7-21)4-5-15(16)18(22)20-17;2-1-3/h4-5,10-11,13H,2-3,6-9,12H2,1H3;1H,(H,2,3)/t13-;/m1./s1. The monoisotopic (exact) mass is 400 g/mol. The topological polar surface area (TPSA) is 97.1 Å². The Labute approximate surface area is 168 Å². The highest BCUT2D eigenvalue weighted by atomic mass is 16.6. The normalized spacial score (nSPS) is 20.0. The molecule has 29 heavy (non-hydrogen) atoms. The highest BCUT2D eigenvalue weighted by molar-refractivity contribution is 5.89.